The fourth-order valence-electron chi connectivity index (χ4n) is 3.52. The predicted molar refractivity (Wildman–Crippen MR) is 116 cm³/mol. The van der Waals surface area contributed by atoms with Gasteiger partial charge in [-0.25, -0.2) is 0 Å². The molecule has 26 heavy (non-hydrogen) atoms. The van der Waals surface area contributed by atoms with Gasteiger partial charge in [-0.15, -0.1) is 0 Å². The molecule has 0 atom stereocenters. The molecule has 0 bridgehead atoms. The molecule has 0 aliphatic carbocycles. The molecule has 0 aliphatic rings. The highest BCUT2D eigenvalue weighted by Gasteiger charge is 1.95. The molecule has 0 unspecified atom stereocenters. The third kappa shape index (κ3) is 23.9. The van der Waals surface area contributed by atoms with Crippen LogP contribution in [0.15, 0.2) is 0 Å². The zero-order chi connectivity index (χ0) is 19.0. The van der Waals surface area contributed by atoms with Crippen LogP contribution in [0, 0.1) is 0 Å². The first-order chi connectivity index (χ1) is 12.9. The fraction of sp³-hybridized carbons (Fsp3) is 1.00. The molecule has 0 rings (SSSR count). The highest BCUT2D eigenvalue weighted by atomic mass is 16.5. The summed E-state index contributed by atoms with van der Waals surface area (Å²) in [6, 6.07) is 0. The van der Waals surface area contributed by atoms with Gasteiger partial charge in [-0.1, -0.05) is 116 Å². The Morgan fingerprint density at radius 2 is 0.731 bits per heavy atom. The number of ether oxygens (including phenoxy) is 1. The average molecular weight is 371 g/mol. The molecule has 0 aromatic heterocycles. The van der Waals surface area contributed by atoms with Crippen molar-refractivity contribution >= 4 is 0 Å². The normalized spacial score (nSPS) is 11.3. The van der Waals surface area contributed by atoms with E-state index < -0.39 is 0 Å². The molecule has 0 aromatic rings. The second-order valence-corrected chi connectivity index (χ2v) is 8.05. The lowest BCUT2D eigenvalue weighted by Crippen LogP contribution is -1.98. The Morgan fingerprint density at radius 3 is 1.08 bits per heavy atom. The molecular formula is C24H50O2. The first-order valence-corrected chi connectivity index (χ1v) is 12.1. The van der Waals surface area contributed by atoms with E-state index in [0.29, 0.717) is 6.61 Å². The van der Waals surface area contributed by atoms with Gasteiger partial charge in [-0.05, 0) is 19.3 Å². The topological polar surface area (TPSA) is 29.5 Å². The summed E-state index contributed by atoms with van der Waals surface area (Å²) in [7, 11) is 0. The number of aliphatic hydroxyl groups is 1. The maximum Gasteiger partial charge on any atom is 0.0466 e. The summed E-state index contributed by atoms with van der Waals surface area (Å²) >= 11 is 0. The van der Waals surface area contributed by atoms with Crippen LogP contribution in [0.2, 0.25) is 0 Å². The van der Waals surface area contributed by atoms with Gasteiger partial charge in [0, 0.05) is 19.8 Å². The molecule has 0 fully saturated rings. The number of unbranched alkanes of at least 4 members (excludes halogenated alkanes) is 18. The average Bonchev–Trinajstić information content (AvgIpc) is 2.66. The van der Waals surface area contributed by atoms with Crippen molar-refractivity contribution in [2.24, 2.45) is 0 Å². The molecule has 0 radical (unpaired) electrons. The number of hydrogen-bond donors (Lipinski definition) is 1. The molecule has 158 valence electrons. The molecule has 2 nitrogen and oxygen atoms in total. The highest BCUT2D eigenvalue weighted by Crippen LogP contribution is 2.14. The molecule has 0 amide bonds. The zero-order valence-electron chi connectivity index (χ0n) is 18.1. The first-order valence-electron chi connectivity index (χ1n) is 12.1. The standard InChI is InChI=1S/C24H50O2/c1-2-3-4-5-6-7-8-9-10-11-12-13-14-15-16-17-18-20-23-26-24-21-19-22-25/h25H,2-24H2,1H3. The van der Waals surface area contributed by atoms with E-state index in [0.717, 1.165) is 26.1 Å². The summed E-state index contributed by atoms with van der Waals surface area (Å²) < 4.78 is 5.55. The Kier molecular flexibility index (Phi) is 24.8. The molecule has 0 saturated heterocycles. The largest absolute Gasteiger partial charge is 0.396 e. The van der Waals surface area contributed by atoms with Crippen LogP contribution in [0.4, 0.5) is 0 Å². The van der Waals surface area contributed by atoms with Crippen LogP contribution in [-0.4, -0.2) is 24.9 Å². The van der Waals surface area contributed by atoms with Crippen molar-refractivity contribution in [2.75, 3.05) is 19.8 Å². The van der Waals surface area contributed by atoms with Crippen molar-refractivity contribution in [3.8, 4) is 0 Å². The van der Waals surface area contributed by atoms with Crippen molar-refractivity contribution in [1.82, 2.24) is 0 Å². The Balaban J connectivity index is 2.95. The van der Waals surface area contributed by atoms with Gasteiger partial charge in [0.1, 0.15) is 0 Å². The Bertz CT molecular complexity index is 206. The maximum atomic E-state index is 8.68. The lowest BCUT2D eigenvalue weighted by Gasteiger charge is -2.05. The Labute approximate surface area is 165 Å². The lowest BCUT2D eigenvalue weighted by molar-refractivity contribution is 0.121. The van der Waals surface area contributed by atoms with Crippen LogP contribution in [0.25, 0.3) is 0 Å². The van der Waals surface area contributed by atoms with Gasteiger partial charge < -0.3 is 9.84 Å². The Morgan fingerprint density at radius 1 is 0.423 bits per heavy atom. The van der Waals surface area contributed by atoms with Crippen LogP contribution in [0.5, 0.6) is 0 Å². The quantitative estimate of drug-likeness (QED) is 0.186. The van der Waals surface area contributed by atoms with E-state index in [1.165, 1.54) is 116 Å². The van der Waals surface area contributed by atoms with Crippen molar-refractivity contribution in [3.63, 3.8) is 0 Å². The molecule has 0 aliphatic heterocycles. The highest BCUT2D eigenvalue weighted by molar-refractivity contribution is 4.50. The summed E-state index contributed by atoms with van der Waals surface area (Å²) in [6.45, 7) is 4.31. The van der Waals surface area contributed by atoms with E-state index in [9.17, 15) is 0 Å². The summed E-state index contributed by atoms with van der Waals surface area (Å²) in [5, 5.41) is 8.68. The fourth-order valence-corrected chi connectivity index (χ4v) is 3.52. The number of hydrogen-bond acceptors (Lipinski definition) is 2. The smallest absolute Gasteiger partial charge is 0.0466 e. The second kappa shape index (κ2) is 24.9. The van der Waals surface area contributed by atoms with Gasteiger partial charge >= 0.3 is 0 Å². The summed E-state index contributed by atoms with van der Waals surface area (Å²) in [4.78, 5) is 0. The second-order valence-electron chi connectivity index (χ2n) is 8.05. The molecule has 0 aromatic carbocycles. The van der Waals surface area contributed by atoms with E-state index in [-0.39, 0.29) is 0 Å². The van der Waals surface area contributed by atoms with Gasteiger partial charge in [-0.2, -0.15) is 0 Å². The van der Waals surface area contributed by atoms with Crippen molar-refractivity contribution in [2.45, 2.75) is 135 Å². The van der Waals surface area contributed by atoms with Gasteiger partial charge in [-0.3, -0.25) is 0 Å². The minimum absolute atomic E-state index is 0.294. The predicted octanol–water partition coefficient (Wildman–Crippen LogP) is 7.82. The zero-order valence-corrected chi connectivity index (χ0v) is 18.1. The maximum absolute atomic E-state index is 8.68. The number of aliphatic hydroxyl groups excluding tert-OH is 1. The summed E-state index contributed by atoms with van der Waals surface area (Å²) in [5.74, 6) is 0. The minimum Gasteiger partial charge on any atom is -0.396 e. The van der Waals surface area contributed by atoms with Crippen LogP contribution >= 0.6 is 0 Å². The third-order valence-electron chi connectivity index (χ3n) is 5.34. The van der Waals surface area contributed by atoms with Crippen LogP contribution in [0.3, 0.4) is 0 Å². The molecular weight excluding hydrogens is 320 g/mol. The SMILES string of the molecule is CCCCCCCCCCCCCCCCCCCCOCCCCO. The lowest BCUT2D eigenvalue weighted by atomic mass is 10.0. The summed E-state index contributed by atoms with van der Waals surface area (Å²) in [5.41, 5.74) is 0. The van der Waals surface area contributed by atoms with Crippen LogP contribution < -0.4 is 0 Å². The van der Waals surface area contributed by atoms with Gasteiger partial charge in [0.15, 0.2) is 0 Å². The van der Waals surface area contributed by atoms with Gasteiger partial charge in [0.05, 0.1) is 0 Å². The van der Waals surface area contributed by atoms with E-state index in [1.54, 1.807) is 0 Å². The van der Waals surface area contributed by atoms with Gasteiger partial charge in [0.2, 0.25) is 0 Å². The van der Waals surface area contributed by atoms with E-state index >= 15 is 0 Å². The van der Waals surface area contributed by atoms with Gasteiger partial charge in [0.25, 0.3) is 0 Å². The van der Waals surface area contributed by atoms with Crippen LogP contribution in [0.1, 0.15) is 135 Å². The van der Waals surface area contributed by atoms with Crippen molar-refractivity contribution < 1.29 is 9.84 Å². The van der Waals surface area contributed by atoms with E-state index in [2.05, 4.69) is 6.92 Å². The molecule has 0 heterocycles. The minimum atomic E-state index is 0.294. The first kappa shape index (κ1) is 25.9. The van der Waals surface area contributed by atoms with Crippen molar-refractivity contribution in [1.29, 1.82) is 0 Å². The summed E-state index contributed by atoms with van der Waals surface area (Å²) in [6.07, 6.45) is 27.5. The van der Waals surface area contributed by atoms with E-state index in [1.807, 2.05) is 0 Å². The van der Waals surface area contributed by atoms with E-state index in [4.69, 9.17) is 9.84 Å². The van der Waals surface area contributed by atoms with Crippen LogP contribution in [-0.2, 0) is 4.74 Å². The molecule has 1 N–H and O–H groups in total. The monoisotopic (exact) mass is 370 g/mol. The number of rotatable bonds is 23. The Hall–Kier alpha value is -0.0800. The van der Waals surface area contributed by atoms with Crippen molar-refractivity contribution in [3.05, 3.63) is 0 Å². The third-order valence-corrected chi connectivity index (χ3v) is 5.34. The molecule has 2 heteroatoms. The molecule has 0 saturated carbocycles. The molecule has 0 spiro atoms.